The lowest BCUT2D eigenvalue weighted by molar-refractivity contribution is 0.352. The van der Waals surface area contributed by atoms with Crippen LogP contribution in [0.3, 0.4) is 0 Å². The van der Waals surface area contributed by atoms with Gasteiger partial charge >= 0.3 is 0 Å². The number of hydrogen-bond donors (Lipinski definition) is 1. The number of halogens is 1. The summed E-state index contributed by atoms with van der Waals surface area (Å²) in [6.07, 6.45) is 1.43. The van der Waals surface area contributed by atoms with Gasteiger partial charge in [0.2, 0.25) is 0 Å². The Kier molecular flexibility index (Phi) is 2.72. The number of aromatic amines is 1. The molecule has 16 heavy (non-hydrogen) atoms. The Morgan fingerprint density at radius 1 is 1.19 bits per heavy atom. The smallest absolute Gasteiger partial charge is 0.163 e. The van der Waals surface area contributed by atoms with Gasteiger partial charge in [-0.05, 0) is 6.07 Å². The lowest BCUT2D eigenvalue weighted by Gasteiger charge is -2.09. The number of ether oxygens (including phenoxy) is 2. The molecular weight excluding hydrogens is 213 g/mol. The van der Waals surface area contributed by atoms with Crippen LogP contribution in [0.25, 0.3) is 11.3 Å². The minimum absolute atomic E-state index is 0.311. The largest absolute Gasteiger partial charge is 0.493 e. The van der Waals surface area contributed by atoms with Gasteiger partial charge in [0.05, 0.1) is 20.4 Å². The van der Waals surface area contributed by atoms with Crippen molar-refractivity contribution in [2.45, 2.75) is 0 Å². The van der Waals surface area contributed by atoms with Crippen molar-refractivity contribution in [1.29, 1.82) is 0 Å². The first-order valence-corrected chi connectivity index (χ1v) is 4.54. The number of benzene rings is 1. The van der Waals surface area contributed by atoms with E-state index in [4.69, 9.17) is 9.47 Å². The minimum Gasteiger partial charge on any atom is -0.493 e. The van der Waals surface area contributed by atoms with Crippen LogP contribution in [0, 0.1) is 5.82 Å². The maximum Gasteiger partial charge on any atom is 0.163 e. The molecule has 0 spiro atoms. The number of rotatable bonds is 3. The summed E-state index contributed by atoms with van der Waals surface area (Å²) in [5, 5.41) is 9.85. The van der Waals surface area contributed by atoms with Gasteiger partial charge in [-0.1, -0.05) is 0 Å². The molecule has 6 heteroatoms. The standard InChI is InChI=1S/C10H10FN3O2/c1-15-9-3-6(8-5-12-14-13-8)7(11)4-10(9)16-2/h3-5H,1-2H3,(H,12,13,14). The van der Waals surface area contributed by atoms with Gasteiger partial charge in [-0.15, -0.1) is 0 Å². The van der Waals surface area contributed by atoms with Gasteiger partial charge in [-0.3, -0.25) is 0 Å². The Morgan fingerprint density at radius 2 is 1.88 bits per heavy atom. The second-order valence-electron chi connectivity index (χ2n) is 3.04. The first-order valence-electron chi connectivity index (χ1n) is 4.54. The Morgan fingerprint density at radius 3 is 2.44 bits per heavy atom. The van der Waals surface area contributed by atoms with E-state index in [0.717, 1.165) is 0 Å². The molecule has 2 aromatic rings. The summed E-state index contributed by atoms with van der Waals surface area (Å²) in [4.78, 5) is 0. The van der Waals surface area contributed by atoms with Crippen LogP contribution in [0.5, 0.6) is 11.5 Å². The third-order valence-corrected chi connectivity index (χ3v) is 2.16. The number of methoxy groups -OCH3 is 2. The maximum absolute atomic E-state index is 13.7. The zero-order chi connectivity index (χ0) is 11.5. The SMILES string of the molecule is COc1cc(F)c(-c2cn[nH]n2)cc1OC. The number of nitrogens with one attached hydrogen (secondary N) is 1. The van der Waals surface area contributed by atoms with Crippen LogP contribution in [0.1, 0.15) is 0 Å². The fraction of sp³-hybridized carbons (Fsp3) is 0.200. The molecule has 1 heterocycles. The summed E-state index contributed by atoms with van der Waals surface area (Å²) >= 11 is 0. The van der Waals surface area contributed by atoms with Gasteiger partial charge in [0.25, 0.3) is 0 Å². The van der Waals surface area contributed by atoms with Gasteiger partial charge in [-0.25, -0.2) is 4.39 Å². The van der Waals surface area contributed by atoms with Gasteiger partial charge in [0.1, 0.15) is 11.5 Å². The minimum atomic E-state index is -0.438. The summed E-state index contributed by atoms with van der Waals surface area (Å²) in [5.74, 6) is 0.348. The molecule has 0 aliphatic rings. The summed E-state index contributed by atoms with van der Waals surface area (Å²) in [7, 11) is 2.94. The maximum atomic E-state index is 13.7. The summed E-state index contributed by atoms with van der Waals surface area (Å²) in [5.41, 5.74) is 0.727. The van der Waals surface area contributed by atoms with Crippen LogP contribution in [0.2, 0.25) is 0 Å². The van der Waals surface area contributed by atoms with Crippen molar-refractivity contribution in [1.82, 2.24) is 15.4 Å². The van der Waals surface area contributed by atoms with Crippen molar-refractivity contribution in [2.75, 3.05) is 14.2 Å². The average Bonchev–Trinajstić information content (AvgIpc) is 2.82. The quantitative estimate of drug-likeness (QED) is 0.859. The third kappa shape index (κ3) is 1.69. The molecule has 1 aromatic carbocycles. The van der Waals surface area contributed by atoms with Gasteiger partial charge < -0.3 is 9.47 Å². The molecule has 0 saturated carbocycles. The Hall–Kier alpha value is -2.11. The van der Waals surface area contributed by atoms with Crippen LogP contribution in [-0.4, -0.2) is 29.6 Å². The molecule has 0 radical (unpaired) electrons. The zero-order valence-electron chi connectivity index (χ0n) is 8.82. The summed E-state index contributed by atoms with van der Waals surface area (Å²) in [6, 6.07) is 2.77. The number of H-pyrrole nitrogens is 1. The topological polar surface area (TPSA) is 60.0 Å². The third-order valence-electron chi connectivity index (χ3n) is 2.16. The lowest BCUT2D eigenvalue weighted by Crippen LogP contribution is -1.94. The van der Waals surface area contributed by atoms with Gasteiger partial charge in [0, 0.05) is 11.6 Å². The van der Waals surface area contributed by atoms with Crippen molar-refractivity contribution >= 4 is 0 Å². The highest BCUT2D eigenvalue weighted by atomic mass is 19.1. The molecule has 1 aromatic heterocycles. The Labute approximate surface area is 91.2 Å². The van der Waals surface area contributed by atoms with E-state index in [1.165, 1.54) is 32.5 Å². The Balaban J connectivity index is 2.55. The molecule has 0 saturated heterocycles. The van der Waals surface area contributed by atoms with E-state index in [1.807, 2.05) is 0 Å². The van der Waals surface area contributed by atoms with E-state index in [1.54, 1.807) is 0 Å². The molecule has 84 valence electrons. The number of hydrogen-bond acceptors (Lipinski definition) is 4. The van der Waals surface area contributed by atoms with Crippen LogP contribution in [-0.2, 0) is 0 Å². The van der Waals surface area contributed by atoms with Gasteiger partial charge in [-0.2, -0.15) is 15.4 Å². The van der Waals surface area contributed by atoms with Crippen molar-refractivity contribution in [3.8, 4) is 22.8 Å². The fourth-order valence-electron chi connectivity index (χ4n) is 1.38. The van der Waals surface area contributed by atoms with Crippen LogP contribution in [0.4, 0.5) is 4.39 Å². The van der Waals surface area contributed by atoms with Crippen LogP contribution in [0.15, 0.2) is 18.3 Å². The Bertz CT molecular complexity index is 485. The van der Waals surface area contributed by atoms with Crippen molar-refractivity contribution in [2.24, 2.45) is 0 Å². The second kappa shape index (κ2) is 4.18. The van der Waals surface area contributed by atoms with E-state index in [2.05, 4.69) is 15.4 Å². The first-order chi connectivity index (χ1) is 7.76. The molecule has 0 unspecified atom stereocenters. The van der Waals surface area contributed by atoms with E-state index in [-0.39, 0.29) is 0 Å². The molecule has 1 N–H and O–H groups in total. The molecule has 0 atom stereocenters. The number of aromatic nitrogens is 3. The van der Waals surface area contributed by atoms with Crippen molar-refractivity contribution in [3.63, 3.8) is 0 Å². The highest BCUT2D eigenvalue weighted by Crippen LogP contribution is 2.33. The first kappa shape index (κ1) is 10.4. The van der Waals surface area contributed by atoms with Crippen molar-refractivity contribution in [3.05, 3.63) is 24.1 Å². The molecular formula is C10H10FN3O2. The highest BCUT2D eigenvalue weighted by Gasteiger charge is 2.14. The van der Waals surface area contributed by atoms with E-state index < -0.39 is 5.82 Å². The second-order valence-corrected chi connectivity index (χ2v) is 3.04. The normalized spacial score (nSPS) is 10.2. The fourth-order valence-corrected chi connectivity index (χ4v) is 1.38. The van der Waals surface area contributed by atoms with Gasteiger partial charge in [0.15, 0.2) is 11.5 Å². The molecule has 0 aliphatic carbocycles. The molecule has 0 fully saturated rings. The van der Waals surface area contributed by atoms with Crippen LogP contribution < -0.4 is 9.47 Å². The summed E-state index contributed by atoms with van der Waals surface area (Å²) < 4.78 is 23.8. The predicted molar refractivity (Wildman–Crippen MR) is 54.9 cm³/mol. The lowest BCUT2D eigenvalue weighted by atomic mass is 10.1. The molecule has 0 amide bonds. The zero-order valence-corrected chi connectivity index (χ0v) is 8.82. The van der Waals surface area contributed by atoms with E-state index >= 15 is 0 Å². The molecule has 2 rings (SSSR count). The molecule has 0 bridgehead atoms. The molecule has 0 aliphatic heterocycles. The summed E-state index contributed by atoms with van der Waals surface area (Å²) in [6.45, 7) is 0. The monoisotopic (exact) mass is 223 g/mol. The van der Waals surface area contributed by atoms with Crippen molar-refractivity contribution < 1.29 is 13.9 Å². The van der Waals surface area contributed by atoms with Crippen LogP contribution >= 0.6 is 0 Å². The highest BCUT2D eigenvalue weighted by molar-refractivity contribution is 5.63. The number of nitrogens with zero attached hydrogens (tertiary/aromatic N) is 2. The van der Waals surface area contributed by atoms with E-state index in [0.29, 0.717) is 22.8 Å². The average molecular weight is 223 g/mol. The molecule has 5 nitrogen and oxygen atoms in total. The van der Waals surface area contributed by atoms with E-state index in [9.17, 15) is 4.39 Å². The predicted octanol–water partition coefficient (Wildman–Crippen LogP) is 1.63.